The number of benzene rings is 2. The molecule has 0 radical (unpaired) electrons. The SMILES string of the molecule is CC[C@@H](C)[C@H]1NC(=O)[C@H](C)NC(=O)[C@H]([C@@H](C)O)NC(=O)[C@@H](Cc2ccc(O)cc2)NC(=O)[C@@H](C(C)C)NC(=O)c2ccccc2NC(=O)[C@@H]2CCCN2C1=O. The molecule has 2 aromatic carbocycles. The molecular weight excluding hydrogens is 710 g/mol. The molecule has 16 heteroatoms. The molecule has 0 spiro atoms. The standard InChI is InChI=1S/C39H53N7O9/c1-7-21(4)31-39(55)46-18-10-13-29(46)36(52)41-27-12-9-8-11-26(27)34(50)43-30(20(2)3)37(53)42-28(19-24-14-16-25(48)17-15-24)35(51)45-32(23(6)47)38(54)40-22(5)33(49)44-31/h8-9,11-12,14-17,20-23,28-32,47-48H,7,10,13,18-19H2,1-6H3,(H,40,54)(H,41,52)(H,42,53)(H,43,50)(H,44,49)(H,45,51)/t21-,22+,23-,28-,29+,30-,31-,32+/m1/s1. The fraction of sp³-hybridized carbons (Fsp3) is 0.513. The number of rotatable bonds is 6. The van der Waals surface area contributed by atoms with Crippen molar-refractivity contribution in [3.8, 4) is 5.75 Å². The van der Waals surface area contributed by atoms with E-state index >= 15 is 0 Å². The zero-order valence-corrected chi connectivity index (χ0v) is 32.0. The van der Waals surface area contributed by atoms with Crippen molar-refractivity contribution < 1.29 is 43.8 Å². The topological polar surface area (TPSA) is 235 Å². The molecule has 0 aromatic heterocycles. The van der Waals surface area contributed by atoms with E-state index in [9.17, 15) is 43.8 Å². The Morgan fingerprint density at radius 3 is 2.02 bits per heavy atom. The van der Waals surface area contributed by atoms with Crippen molar-refractivity contribution in [2.75, 3.05) is 11.9 Å². The molecule has 2 aliphatic rings. The third-order valence-electron chi connectivity index (χ3n) is 10.1. The number of phenols is 1. The molecule has 0 aliphatic carbocycles. The van der Waals surface area contributed by atoms with Gasteiger partial charge in [-0.05, 0) is 68.4 Å². The van der Waals surface area contributed by atoms with E-state index in [2.05, 4.69) is 31.9 Å². The molecule has 2 heterocycles. The molecule has 8 atom stereocenters. The second-order valence-corrected chi connectivity index (χ2v) is 14.7. The van der Waals surface area contributed by atoms with E-state index in [1.165, 1.54) is 43.0 Å². The normalized spacial score (nSPS) is 26.1. The quantitative estimate of drug-likeness (QED) is 0.207. The summed E-state index contributed by atoms with van der Waals surface area (Å²) in [5.41, 5.74) is 0.735. The van der Waals surface area contributed by atoms with Gasteiger partial charge in [0, 0.05) is 13.0 Å². The van der Waals surface area contributed by atoms with E-state index in [-0.39, 0.29) is 35.9 Å². The van der Waals surface area contributed by atoms with Gasteiger partial charge in [0.25, 0.3) is 5.91 Å². The van der Waals surface area contributed by atoms with E-state index in [1.807, 2.05) is 6.92 Å². The Bertz CT molecular complexity index is 1750. The maximum absolute atomic E-state index is 14.1. The van der Waals surface area contributed by atoms with Gasteiger partial charge in [-0.2, -0.15) is 0 Å². The van der Waals surface area contributed by atoms with Crippen LogP contribution in [0, 0.1) is 11.8 Å². The minimum absolute atomic E-state index is 0.0248. The zero-order valence-electron chi connectivity index (χ0n) is 32.0. The highest BCUT2D eigenvalue weighted by molar-refractivity contribution is 6.07. The summed E-state index contributed by atoms with van der Waals surface area (Å²) in [5, 5.41) is 36.4. The number of amides is 7. The fourth-order valence-corrected chi connectivity index (χ4v) is 6.57. The van der Waals surface area contributed by atoms with Gasteiger partial charge < -0.3 is 47.0 Å². The lowest BCUT2D eigenvalue weighted by molar-refractivity contribution is -0.142. The highest BCUT2D eigenvalue weighted by atomic mass is 16.3. The average Bonchev–Trinajstić information content (AvgIpc) is 3.64. The van der Waals surface area contributed by atoms with E-state index < -0.39 is 89.6 Å². The lowest BCUT2D eigenvalue weighted by Crippen LogP contribution is -2.62. The Morgan fingerprint density at radius 2 is 1.38 bits per heavy atom. The van der Waals surface area contributed by atoms with Crippen LogP contribution in [0.5, 0.6) is 5.75 Å². The van der Waals surface area contributed by atoms with Crippen LogP contribution in [0.4, 0.5) is 5.69 Å². The van der Waals surface area contributed by atoms with Gasteiger partial charge in [-0.1, -0.05) is 58.4 Å². The number of nitrogens with zero attached hydrogens (tertiary/aromatic N) is 1. The van der Waals surface area contributed by atoms with E-state index in [0.29, 0.717) is 24.8 Å². The summed E-state index contributed by atoms with van der Waals surface area (Å²) >= 11 is 0. The molecule has 0 saturated carbocycles. The minimum Gasteiger partial charge on any atom is -0.508 e. The van der Waals surface area contributed by atoms with Crippen molar-refractivity contribution in [1.29, 1.82) is 0 Å². The maximum Gasteiger partial charge on any atom is 0.254 e. The van der Waals surface area contributed by atoms with Crippen molar-refractivity contribution in [1.82, 2.24) is 31.5 Å². The number of hydrogen-bond donors (Lipinski definition) is 8. The number of fused-ring (bicyclic) bond motifs is 2. The predicted octanol–water partition coefficient (Wildman–Crippen LogP) is 0.718. The first kappa shape index (κ1) is 42.2. The number of anilines is 1. The Kier molecular flexibility index (Phi) is 14.4. The third-order valence-corrected chi connectivity index (χ3v) is 10.1. The molecule has 0 bridgehead atoms. The maximum atomic E-state index is 14.1. The van der Waals surface area contributed by atoms with Crippen molar-refractivity contribution in [2.45, 2.75) is 110 Å². The number of carbonyl (C=O) groups excluding carboxylic acids is 7. The van der Waals surface area contributed by atoms with Gasteiger partial charge >= 0.3 is 0 Å². The van der Waals surface area contributed by atoms with E-state index in [4.69, 9.17) is 0 Å². The Hall–Kier alpha value is -5.51. The predicted molar refractivity (Wildman–Crippen MR) is 202 cm³/mol. The van der Waals surface area contributed by atoms with Gasteiger partial charge in [0.15, 0.2) is 0 Å². The summed E-state index contributed by atoms with van der Waals surface area (Å²) in [5.74, 6) is -5.78. The van der Waals surface area contributed by atoms with Crippen LogP contribution in [0.1, 0.15) is 76.7 Å². The van der Waals surface area contributed by atoms with Crippen LogP contribution in [0.25, 0.3) is 0 Å². The molecule has 1 saturated heterocycles. The zero-order chi connectivity index (χ0) is 40.6. The Morgan fingerprint density at radius 1 is 0.745 bits per heavy atom. The van der Waals surface area contributed by atoms with Crippen molar-refractivity contribution >= 4 is 47.0 Å². The summed E-state index contributed by atoms with van der Waals surface area (Å²) in [6.45, 7) is 9.94. The van der Waals surface area contributed by atoms with Crippen molar-refractivity contribution in [2.24, 2.45) is 11.8 Å². The monoisotopic (exact) mass is 763 g/mol. The number of para-hydroxylation sites is 1. The van der Waals surface area contributed by atoms with Crippen LogP contribution < -0.4 is 31.9 Å². The first-order valence-corrected chi connectivity index (χ1v) is 18.7. The number of aromatic hydroxyl groups is 1. The van der Waals surface area contributed by atoms with E-state index in [0.717, 1.165) is 0 Å². The molecule has 55 heavy (non-hydrogen) atoms. The molecule has 16 nitrogen and oxygen atoms in total. The van der Waals surface area contributed by atoms with Gasteiger partial charge in [-0.3, -0.25) is 33.6 Å². The number of nitrogens with one attached hydrogen (secondary N) is 6. The Balaban J connectivity index is 1.76. The lowest BCUT2D eigenvalue weighted by atomic mass is 9.97. The first-order valence-electron chi connectivity index (χ1n) is 18.7. The highest BCUT2D eigenvalue weighted by Gasteiger charge is 2.41. The smallest absolute Gasteiger partial charge is 0.254 e. The molecule has 7 amide bonds. The number of hydrogen-bond acceptors (Lipinski definition) is 9. The molecular formula is C39H53N7O9. The second kappa shape index (κ2) is 18.7. The van der Waals surface area contributed by atoms with Gasteiger partial charge in [0.1, 0.15) is 42.0 Å². The van der Waals surface area contributed by atoms with Crippen molar-refractivity contribution in [3.05, 3.63) is 59.7 Å². The van der Waals surface area contributed by atoms with Crippen LogP contribution in [0.15, 0.2) is 48.5 Å². The van der Waals surface area contributed by atoms with E-state index in [1.54, 1.807) is 45.0 Å². The number of carbonyl (C=O) groups is 7. The molecule has 0 unspecified atom stereocenters. The summed E-state index contributed by atoms with van der Waals surface area (Å²) in [6, 6.07) is 4.86. The van der Waals surface area contributed by atoms with Crippen LogP contribution in [0.2, 0.25) is 0 Å². The molecule has 4 rings (SSSR count). The number of aliphatic hydroxyl groups is 1. The van der Waals surface area contributed by atoms with Crippen LogP contribution >= 0.6 is 0 Å². The summed E-state index contributed by atoms with van der Waals surface area (Å²) in [7, 11) is 0. The van der Waals surface area contributed by atoms with Gasteiger partial charge in [0.05, 0.1) is 17.4 Å². The summed E-state index contributed by atoms with van der Waals surface area (Å²) in [4.78, 5) is 97.9. The third kappa shape index (κ3) is 10.6. The molecule has 2 aromatic rings. The molecule has 2 aliphatic heterocycles. The Labute approximate surface area is 320 Å². The van der Waals surface area contributed by atoms with Crippen LogP contribution in [-0.2, 0) is 35.2 Å². The number of aliphatic hydroxyl groups excluding tert-OH is 1. The summed E-state index contributed by atoms with van der Waals surface area (Å²) < 4.78 is 0. The molecule has 298 valence electrons. The van der Waals surface area contributed by atoms with Gasteiger partial charge in [0.2, 0.25) is 35.4 Å². The van der Waals surface area contributed by atoms with Gasteiger partial charge in [-0.15, -0.1) is 0 Å². The number of phenolic OH excluding ortho intramolecular Hbond substituents is 1. The largest absolute Gasteiger partial charge is 0.508 e. The molecule has 1 fully saturated rings. The average molecular weight is 764 g/mol. The van der Waals surface area contributed by atoms with Crippen LogP contribution in [-0.4, -0.2) is 105 Å². The fourth-order valence-electron chi connectivity index (χ4n) is 6.57. The highest BCUT2D eigenvalue weighted by Crippen LogP contribution is 2.24. The minimum atomic E-state index is -1.58. The van der Waals surface area contributed by atoms with Crippen molar-refractivity contribution in [3.63, 3.8) is 0 Å². The summed E-state index contributed by atoms with van der Waals surface area (Å²) in [6.07, 6.45) is -0.204. The molecule has 8 N–H and O–H groups in total. The lowest BCUT2D eigenvalue weighted by Gasteiger charge is -2.32. The van der Waals surface area contributed by atoms with Crippen LogP contribution in [0.3, 0.4) is 0 Å². The second-order valence-electron chi connectivity index (χ2n) is 14.7. The first-order chi connectivity index (χ1) is 26.0. The van der Waals surface area contributed by atoms with Gasteiger partial charge in [-0.25, -0.2) is 0 Å².